The van der Waals surface area contributed by atoms with Crippen LogP contribution in [-0.2, 0) is 22.3 Å². The lowest BCUT2D eigenvalue weighted by Crippen LogP contribution is -2.13. The molecule has 0 saturated heterocycles. The predicted molar refractivity (Wildman–Crippen MR) is 174 cm³/mol. The second kappa shape index (κ2) is 17.8. The van der Waals surface area contributed by atoms with Crippen molar-refractivity contribution in [2.24, 2.45) is 0 Å². The first kappa shape index (κ1) is 36.0. The minimum absolute atomic E-state index is 0.0342. The number of anilines is 2. The van der Waals surface area contributed by atoms with Gasteiger partial charge in [-0.3, -0.25) is 10.6 Å². The number of phenolic OH excluding ortho intramolecular Hbond substituents is 1. The Bertz CT molecular complexity index is 1670. The Morgan fingerprint density at radius 3 is 1.49 bits per heavy atom. The Balaban J connectivity index is 0.000000256. The van der Waals surface area contributed by atoms with Gasteiger partial charge >= 0.3 is 12.2 Å². The van der Waals surface area contributed by atoms with Crippen molar-refractivity contribution in [1.82, 2.24) is 0 Å². The molecule has 4 aromatic rings. The van der Waals surface area contributed by atoms with Crippen LogP contribution in [0.4, 0.5) is 29.7 Å². The second-order valence-electron chi connectivity index (χ2n) is 9.68. The first-order valence-corrected chi connectivity index (χ1v) is 14.9. The number of amides is 2. The Hall–Kier alpha value is -5.52. The molecule has 250 valence electrons. The topological polar surface area (TPSA) is 125 Å². The van der Waals surface area contributed by atoms with Crippen LogP contribution in [0.3, 0.4) is 0 Å². The van der Waals surface area contributed by atoms with E-state index in [1.807, 2.05) is 26.0 Å². The highest BCUT2D eigenvalue weighted by atomic mass is 19.1. The Morgan fingerprint density at radius 1 is 0.617 bits per heavy atom. The molecule has 10 nitrogen and oxygen atoms in total. The van der Waals surface area contributed by atoms with Gasteiger partial charge in [0.2, 0.25) is 0 Å². The molecule has 0 heterocycles. The van der Waals surface area contributed by atoms with Gasteiger partial charge in [-0.25, -0.2) is 18.4 Å². The molecule has 0 atom stereocenters. The zero-order valence-corrected chi connectivity index (χ0v) is 26.8. The number of carbonyl (C=O) groups excluding carboxylic acids is 2. The molecule has 0 fully saturated rings. The van der Waals surface area contributed by atoms with Crippen molar-refractivity contribution < 1.29 is 47.2 Å². The molecule has 4 aromatic carbocycles. The third kappa shape index (κ3) is 10.8. The van der Waals surface area contributed by atoms with E-state index in [9.17, 15) is 23.5 Å². The molecule has 0 spiro atoms. The van der Waals surface area contributed by atoms with Gasteiger partial charge in [0.05, 0.1) is 20.3 Å². The number of aryl methyl sites for hydroxylation is 2. The molecule has 0 bridgehead atoms. The van der Waals surface area contributed by atoms with E-state index < -0.39 is 23.8 Å². The van der Waals surface area contributed by atoms with Crippen molar-refractivity contribution in [3.05, 3.63) is 95.6 Å². The van der Waals surface area contributed by atoms with Crippen molar-refractivity contribution in [3.8, 4) is 34.5 Å². The lowest BCUT2D eigenvalue weighted by Gasteiger charge is -2.13. The third-order valence-electron chi connectivity index (χ3n) is 6.42. The second-order valence-corrected chi connectivity index (χ2v) is 9.68. The Morgan fingerprint density at radius 2 is 1.06 bits per heavy atom. The molecule has 2 amide bonds. The van der Waals surface area contributed by atoms with Gasteiger partial charge in [-0.05, 0) is 86.3 Å². The first-order chi connectivity index (χ1) is 22.6. The molecule has 47 heavy (non-hydrogen) atoms. The van der Waals surface area contributed by atoms with Crippen molar-refractivity contribution in [1.29, 1.82) is 0 Å². The normalized spacial score (nSPS) is 10.2. The van der Waals surface area contributed by atoms with E-state index in [4.69, 9.17) is 23.7 Å². The van der Waals surface area contributed by atoms with Gasteiger partial charge in [0.15, 0.2) is 46.1 Å². The number of methoxy groups -OCH3 is 1. The fraction of sp³-hybridized carbons (Fsp3) is 0.257. The number of hydrogen-bond acceptors (Lipinski definition) is 8. The molecule has 12 heteroatoms. The molecule has 0 aromatic heterocycles. The van der Waals surface area contributed by atoms with Crippen LogP contribution in [0.1, 0.15) is 38.8 Å². The largest absolute Gasteiger partial charge is 0.504 e. The van der Waals surface area contributed by atoms with E-state index >= 15 is 0 Å². The first-order valence-electron chi connectivity index (χ1n) is 14.9. The minimum Gasteiger partial charge on any atom is -0.504 e. The predicted octanol–water partition coefficient (Wildman–Crippen LogP) is 9.21. The number of hydrogen-bond donors (Lipinski definition) is 3. The average Bonchev–Trinajstić information content (AvgIpc) is 3.05. The Labute approximate surface area is 272 Å². The van der Waals surface area contributed by atoms with Gasteiger partial charge in [-0.1, -0.05) is 26.0 Å². The van der Waals surface area contributed by atoms with Crippen LogP contribution in [0.2, 0.25) is 0 Å². The highest BCUT2D eigenvalue weighted by molar-refractivity contribution is 5.85. The molecule has 0 radical (unpaired) electrons. The van der Waals surface area contributed by atoms with Crippen LogP contribution in [0.25, 0.3) is 0 Å². The number of carbonyl (C=O) groups is 2. The van der Waals surface area contributed by atoms with Gasteiger partial charge in [0.1, 0.15) is 0 Å². The molecule has 0 aliphatic carbocycles. The number of nitrogens with one attached hydrogen (secondary N) is 2. The molecule has 0 aliphatic rings. The van der Waals surface area contributed by atoms with Crippen LogP contribution in [-0.4, -0.2) is 37.6 Å². The molecular formula is C35H38F2N2O8. The summed E-state index contributed by atoms with van der Waals surface area (Å²) in [5, 5.41) is 14.7. The van der Waals surface area contributed by atoms with Crippen LogP contribution in [0.5, 0.6) is 34.5 Å². The summed E-state index contributed by atoms with van der Waals surface area (Å²) < 4.78 is 54.0. The van der Waals surface area contributed by atoms with E-state index in [0.29, 0.717) is 11.5 Å². The van der Waals surface area contributed by atoms with E-state index in [0.717, 1.165) is 30.0 Å². The molecular weight excluding hydrogens is 614 g/mol. The fourth-order valence-corrected chi connectivity index (χ4v) is 4.02. The molecule has 0 saturated carbocycles. The van der Waals surface area contributed by atoms with Gasteiger partial charge in [0.25, 0.3) is 0 Å². The van der Waals surface area contributed by atoms with Gasteiger partial charge < -0.3 is 28.8 Å². The number of halogens is 2. The minimum atomic E-state index is -0.668. The summed E-state index contributed by atoms with van der Waals surface area (Å²) in [5.74, 6) is -0.248. The van der Waals surface area contributed by atoms with E-state index in [1.54, 1.807) is 38.1 Å². The summed E-state index contributed by atoms with van der Waals surface area (Å²) in [6, 6.07) is 18.5. The average molecular weight is 653 g/mol. The zero-order valence-electron chi connectivity index (χ0n) is 26.8. The van der Waals surface area contributed by atoms with Crippen LogP contribution >= 0.6 is 0 Å². The highest BCUT2D eigenvalue weighted by Gasteiger charge is 2.13. The monoisotopic (exact) mass is 652 g/mol. The van der Waals surface area contributed by atoms with Crippen molar-refractivity contribution >= 4 is 23.6 Å². The van der Waals surface area contributed by atoms with Crippen LogP contribution in [0, 0.1) is 11.6 Å². The summed E-state index contributed by atoms with van der Waals surface area (Å²) in [6.45, 7) is 7.82. The van der Waals surface area contributed by atoms with Gasteiger partial charge in [-0.15, -0.1) is 0 Å². The lowest BCUT2D eigenvalue weighted by molar-refractivity contribution is 0.167. The smallest absolute Gasteiger partial charge is 0.411 e. The number of benzene rings is 4. The summed E-state index contributed by atoms with van der Waals surface area (Å²) in [4.78, 5) is 22.6. The molecule has 4 rings (SSSR count). The summed E-state index contributed by atoms with van der Waals surface area (Å²) >= 11 is 0. The quantitative estimate of drug-likeness (QED) is 0.146. The molecule has 0 aliphatic heterocycles. The lowest BCUT2D eigenvalue weighted by atomic mass is 10.1. The fourth-order valence-electron chi connectivity index (χ4n) is 4.02. The van der Waals surface area contributed by atoms with E-state index in [1.165, 1.54) is 37.4 Å². The maximum atomic E-state index is 14.2. The number of aromatic hydroxyl groups is 1. The maximum Gasteiger partial charge on any atom is 0.411 e. The standard InChI is InChI=1S/C18H20FNO4.C17H18FNO4/c1-4-12-6-8-16(17(10-12)22-3)24-15-9-7-13(11-14(15)19)20-18(21)23-5-2;1-3-11-5-7-16(14(20)9-11)23-15-8-6-12(10-13(15)18)19-17(21)22-4-2/h6-11H,4-5H2,1-3H3,(H,20,21);5-10,20H,3-4H2,1-2H3,(H,19,21). The van der Waals surface area contributed by atoms with Crippen molar-refractivity contribution in [2.45, 2.75) is 40.5 Å². The van der Waals surface area contributed by atoms with Crippen molar-refractivity contribution in [2.75, 3.05) is 31.0 Å². The van der Waals surface area contributed by atoms with Crippen LogP contribution < -0.4 is 24.8 Å². The summed E-state index contributed by atoms with van der Waals surface area (Å²) in [7, 11) is 1.53. The van der Waals surface area contributed by atoms with E-state index in [2.05, 4.69) is 10.6 Å². The summed E-state index contributed by atoms with van der Waals surface area (Å²) in [5.41, 5.74) is 2.57. The van der Waals surface area contributed by atoms with Gasteiger partial charge in [0, 0.05) is 23.5 Å². The third-order valence-corrected chi connectivity index (χ3v) is 6.42. The van der Waals surface area contributed by atoms with Crippen molar-refractivity contribution in [3.63, 3.8) is 0 Å². The SMILES string of the molecule is CCOC(=O)Nc1ccc(Oc2ccc(CC)cc2O)c(F)c1.CCOC(=O)Nc1ccc(Oc2ccc(CC)cc2OC)c(F)c1. The number of ether oxygens (including phenoxy) is 5. The Kier molecular flexibility index (Phi) is 13.6. The molecule has 0 unspecified atom stereocenters. The summed E-state index contributed by atoms with van der Waals surface area (Å²) in [6.07, 6.45) is 0.339. The molecule has 3 N–H and O–H groups in total. The zero-order chi connectivity index (χ0) is 34.3. The van der Waals surface area contributed by atoms with E-state index in [-0.39, 0.29) is 47.6 Å². The number of rotatable bonds is 11. The number of phenols is 1. The van der Waals surface area contributed by atoms with Gasteiger partial charge in [-0.2, -0.15) is 0 Å². The maximum absolute atomic E-state index is 14.2. The highest BCUT2D eigenvalue weighted by Crippen LogP contribution is 2.35. The van der Waals surface area contributed by atoms with Crippen LogP contribution in [0.15, 0.2) is 72.8 Å².